The van der Waals surface area contributed by atoms with E-state index in [1.54, 1.807) is 13.3 Å². The highest BCUT2D eigenvalue weighted by atomic mass is 79.9. The smallest absolute Gasteiger partial charge is 0.161 e. The molecule has 1 atom stereocenters. The van der Waals surface area contributed by atoms with Crippen molar-refractivity contribution < 1.29 is 4.74 Å². The first kappa shape index (κ1) is 16.5. The molecule has 0 aliphatic heterocycles. The van der Waals surface area contributed by atoms with Crippen molar-refractivity contribution in [1.29, 1.82) is 0 Å². The lowest BCUT2D eigenvalue weighted by Crippen LogP contribution is -2.31. The highest BCUT2D eigenvalue weighted by Gasteiger charge is 2.23. The number of nitrogens with two attached hydrogens (primary N) is 1. The van der Waals surface area contributed by atoms with E-state index in [0.29, 0.717) is 0 Å². The first-order valence-electron chi connectivity index (χ1n) is 6.62. The first-order valence-corrected chi connectivity index (χ1v) is 8.21. The molecule has 7 heteroatoms. The Hall–Kier alpha value is -0.890. The summed E-state index contributed by atoms with van der Waals surface area (Å²) in [6, 6.07) is 5.83. The third-order valence-electron chi connectivity index (χ3n) is 3.16. The summed E-state index contributed by atoms with van der Waals surface area (Å²) >= 11 is 7.01. The molecule has 0 aliphatic rings. The topological polar surface area (TPSA) is 65.1 Å². The van der Waals surface area contributed by atoms with E-state index in [2.05, 4.69) is 49.3 Å². The third-order valence-corrected chi connectivity index (χ3v) is 4.07. The van der Waals surface area contributed by atoms with Gasteiger partial charge in [-0.25, -0.2) is 5.43 Å². The molecule has 3 N–H and O–H groups in total. The van der Waals surface area contributed by atoms with Crippen LogP contribution in [0.4, 0.5) is 0 Å². The number of nitrogens with zero attached hydrogens (tertiary/aromatic N) is 2. The molecule has 1 heterocycles. The lowest BCUT2D eigenvalue weighted by Gasteiger charge is -2.20. The van der Waals surface area contributed by atoms with Crippen molar-refractivity contribution in [3.8, 4) is 5.75 Å². The molecule has 0 saturated heterocycles. The minimum atomic E-state index is -0.206. The average Bonchev–Trinajstić information content (AvgIpc) is 2.82. The number of aromatic nitrogens is 2. The number of nitrogens with one attached hydrogen (secondary N) is 1. The van der Waals surface area contributed by atoms with Crippen LogP contribution in [-0.4, -0.2) is 16.9 Å². The quantitative estimate of drug-likeness (QED) is 0.558. The molecule has 0 spiro atoms. The molecule has 5 nitrogen and oxygen atoms in total. The van der Waals surface area contributed by atoms with Crippen LogP contribution in [0.3, 0.4) is 0 Å². The Morgan fingerprint density at radius 3 is 2.52 bits per heavy atom. The summed E-state index contributed by atoms with van der Waals surface area (Å²) in [6.45, 7) is 2.92. The average molecular weight is 418 g/mol. The number of hydrogen-bond donors (Lipinski definition) is 2. The van der Waals surface area contributed by atoms with Gasteiger partial charge in [0.15, 0.2) is 5.75 Å². The van der Waals surface area contributed by atoms with E-state index in [1.165, 1.54) is 0 Å². The number of methoxy groups -OCH3 is 1. The highest BCUT2D eigenvalue weighted by molar-refractivity contribution is 9.11. The van der Waals surface area contributed by atoms with Crippen LogP contribution >= 0.6 is 31.9 Å². The number of rotatable bonds is 6. The van der Waals surface area contributed by atoms with E-state index < -0.39 is 0 Å². The molecule has 0 saturated carbocycles. The van der Waals surface area contributed by atoms with Gasteiger partial charge in [-0.15, -0.1) is 0 Å². The zero-order chi connectivity index (χ0) is 15.4. The summed E-state index contributed by atoms with van der Waals surface area (Å²) in [7, 11) is 1.64. The maximum Gasteiger partial charge on any atom is 0.161 e. The van der Waals surface area contributed by atoms with Gasteiger partial charge in [0.25, 0.3) is 0 Å². The molecular formula is C14H18Br2N4O. The van der Waals surface area contributed by atoms with Crippen LogP contribution in [-0.2, 0) is 6.54 Å². The number of hydrogen-bond acceptors (Lipinski definition) is 4. The Morgan fingerprint density at radius 2 is 2.00 bits per heavy atom. The second kappa shape index (κ2) is 7.40. The highest BCUT2D eigenvalue weighted by Crippen LogP contribution is 2.32. The van der Waals surface area contributed by atoms with E-state index >= 15 is 0 Å². The predicted octanol–water partition coefficient (Wildman–Crippen LogP) is 3.38. The summed E-state index contributed by atoms with van der Waals surface area (Å²) in [5, 5.41) is 4.39. The fourth-order valence-corrected chi connectivity index (χ4v) is 3.62. The monoisotopic (exact) mass is 416 g/mol. The standard InChI is InChI=1S/C14H18Br2N4O/c1-3-4-20-14(12(21-2)8-18-20)13(19-17)9-5-10(15)7-11(16)6-9/h5-8,13,19H,3-4,17H2,1-2H3. The van der Waals surface area contributed by atoms with Gasteiger partial charge in [0.1, 0.15) is 5.69 Å². The summed E-state index contributed by atoms with van der Waals surface area (Å²) in [5.74, 6) is 6.53. The van der Waals surface area contributed by atoms with Crippen LogP contribution in [0.2, 0.25) is 0 Å². The van der Waals surface area contributed by atoms with E-state index in [0.717, 1.165) is 38.9 Å². The number of benzene rings is 1. The van der Waals surface area contributed by atoms with Crippen LogP contribution in [0, 0.1) is 0 Å². The number of hydrazine groups is 1. The number of ether oxygens (including phenoxy) is 1. The molecule has 0 aliphatic carbocycles. The SMILES string of the molecule is CCCn1ncc(OC)c1C(NN)c1cc(Br)cc(Br)c1. The molecule has 0 radical (unpaired) electrons. The lowest BCUT2D eigenvalue weighted by atomic mass is 10.0. The summed E-state index contributed by atoms with van der Waals surface area (Å²) in [5.41, 5.74) is 4.81. The lowest BCUT2D eigenvalue weighted by molar-refractivity contribution is 0.398. The Kier molecular flexibility index (Phi) is 5.80. The van der Waals surface area contributed by atoms with Gasteiger partial charge >= 0.3 is 0 Å². The molecule has 0 fully saturated rings. The minimum Gasteiger partial charge on any atom is -0.493 e. The molecule has 1 aromatic heterocycles. The van der Waals surface area contributed by atoms with Gasteiger partial charge in [-0.05, 0) is 30.2 Å². The van der Waals surface area contributed by atoms with Crippen molar-refractivity contribution in [2.45, 2.75) is 25.9 Å². The minimum absolute atomic E-state index is 0.206. The molecule has 114 valence electrons. The summed E-state index contributed by atoms with van der Waals surface area (Å²) in [6.07, 6.45) is 2.71. The van der Waals surface area contributed by atoms with Crippen LogP contribution < -0.4 is 16.0 Å². The fraction of sp³-hybridized carbons (Fsp3) is 0.357. The van der Waals surface area contributed by atoms with Crippen molar-refractivity contribution in [2.24, 2.45) is 5.84 Å². The van der Waals surface area contributed by atoms with Crippen molar-refractivity contribution in [3.05, 3.63) is 44.6 Å². The van der Waals surface area contributed by atoms with E-state index in [4.69, 9.17) is 10.6 Å². The van der Waals surface area contributed by atoms with Gasteiger partial charge in [-0.3, -0.25) is 10.5 Å². The van der Waals surface area contributed by atoms with Crippen molar-refractivity contribution in [3.63, 3.8) is 0 Å². The molecule has 21 heavy (non-hydrogen) atoms. The molecular weight excluding hydrogens is 400 g/mol. The fourth-order valence-electron chi connectivity index (χ4n) is 2.29. The zero-order valence-electron chi connectivity index (χ0n) is 11.9. The van der Waals surface area contributed by atoms with Gasteiger partial charge in [0, 0.05) is 15.5 Å². The Bertz CT molecular complexity index is 595. The maximum atomic E-state index is 5.81. The van der Waals surface area contributed by atoms with Gasteiger partial charge in [0.05, 0.1) is 19.3 Å². The second-order valence-corrected chi connectivity index (χ2v) is 6.46. The molecule has 2 rings (SSSR count). The third kappa shape index (κ3) is 3.66. The van der Waals surface area contributed by atoms with Gasteiger partial charge in [-0.2, -0.15) is 5.10 Å². The normalized spacial score (nSPS) is 12.4. The summed E-state index contributed by atoms with van der Waals surface area (Å²) in [4.78, 5) is 0. The zero-order valence-corrected chi connectivity index (χ0v) is 15.1. The molecule has 0 amide bonds. The number of halogens is 2. The molecule has 1 aromatic carbocycles. The van der Waals surface area contributed by atoms with Crippen molar-refractivity contribution >= 4 is 31.9 Å². The van der Waals surface area contributed by atoms with Gasteiger partial charge in [0.2, 0.25) is 0 Å². The van der Waals surface area contributed by atoms with Gasteiger partial charge < -0.3 is 4.74 Å². The number of aryl methyl sites for hydroxylation is 1. The van der Waals surface area contributed by atoms with Crippen molar-refractivity contribution in [2.75, 3.05) is 7.11 Å². The predicted molar refractivity (Wildman–Crippen MR) is 90.1 cm³/mol. The van der Waals surface area contributed by atoms with Gasteiger partial charge in [-0.1, -0.05) is 38.8 Å². The van der Waals surface area contributed by atoms with E-state index in [-0.39, 0.29) is 6.04 Å². The molecule has 0 bridgehead atoms. The first-order chi connectivity index (χ1) is 10.1. The maximum absolute atomic E-state index is 5.81. The van der Waals surface area contributed by atoms with Crippen LogP contribution in [0.15, 0.2) is 33.3 Å². The Balaban J connectivity index is 2.52. The largest absolute Gasteiger partial charge is 0.493 e. The van der Waals surface area contributed by atoms with Crippen LogP contribution in [0.5, 0.6) is 5.75 Å². The second-order valence-electron chi connectivity index (χ2n) is 4.62. The Labute approximate surface area is 141 Å². The van der Waals surface area contributed by atoms with Crippen LogP contribution in [0.25, 0.3) is 0 Å². The van der Waals surface area contributed by atoms with Crippen molar-refractivity contribution in [1.82, 2.24) is 15.2 Å². The summed E-state index contributed by atoms with van der Waals surface area (Å²) < 4.78 is 9.32. The Morgan fingerprint density at radius 1 is 1.33 bits per heavy atom. The van der Waals surface area contributed by atoms with Crippen LogP contribution in [0.1, 0.15) is 30.6 Å². The van der Waals surface area contributed by atoms with E-state index in [1.807, 2.05) is 22.9 Å². The molecule has 1 unspecified atom stereocenters. The molecule has 2 aromatic rings. The van der Waals surface area contributed by atoms with E-state index in [9.17, 15) is 0 Å².